The summed E-state index contributed by atoms with van der Waals surface area (Å²) in [5.74, 6) is -3.04. The van der Waals surface area contributed by atoms with Crippen LogP contribution in [0.2, 0.25) is 4.34 Å². The lowest BCUT2D eigenvalue weighted by Gasteiger charge is -2.30. The Bertz CT molecular complexity index is 1500. The molecule has 0 aliphatic carbocycles. The van der Waals surface area contributed by atoms with Gasteiger partial charge in [-0.1, -0.05) is 41.9 Å². The molecule has 5 rings (SSSR count). The van der Waals surface area contributed by atoms with Gasteiger partial charge in [0.2, 0.25) is 0 Å². The van der Waals surface area contributed by atoms with E-state index in [2.05, 4.69) is 0 Å². The third-order valence-electron chi connectivity index (χ3n) is 6.94. The largest absolute Gasteiger partial charge is 0.497 e. The summed E-state index contributed by atoms with van der Waals surface area (Å²) >= 11 is 8.76. The van der Waals surface area contributed by atoms with Gasteiger partial charge in [-0.15, -0.1) is 22.7 Å². The van der Waals surface area contributed by atoms with Crippen molar-refractivity contribution in [3.8, 4) is 5.75 Å². The number of ketones is 1. The summed E-state index contributed by atoms with van der Waals surface area (Å²) < 4.78 is 5.89. The average molecular weight is 566 g/mol. The SMILES string of the molecule is COc1cccc(C2C(C(=O)c3ccc(Cl)s3)C(c3sccc3C)N(C(=O)c3ccccc3)C2C(=O)O)c1. The van der Waals surface area contributed by atoms with E-state index in [-0.39, 0.29) is 5.78 Å². The molecule has 4 atom stereocenters. The molecule has 6 nitrogen and oxygen atoms in total. The van der Waals surface area contributed by atoms with Crippen LogP contribution in [0.1, 0.15) is 48.0 Å². The lowest BCUT2D eigenvalue weighted by atomic mass is 9.78. The molecule has 1 aliphatic rings. The second-order valence-corrected chi connectivity index (χ2v) is 11.7. The van der Waals surface area contributed by atoms with E-state index < -0.39 is 35.8 Å². The molecule has 1 N–H and O–H groups in total. The number of carbonyl (C=O) groups is 3. The van der Waals surface area contributed by atoms with E-state index in [0.717, 1.165) is 21.8 Å². The topological polar surface area (TPSA) is 83.9 Å². The lowest BCUT2D eigenvalue weighted by molar-refractivity contribution is -0.142. The highest BCUT2D eigenvalue weighted by molar-refractivity contribution is 7.18. The van der Waals surface area contributed by atoms with Gasteiger partial charge in [-0.3, -0.25) is 9.59 Å². The molecule has 194 valence electrons. The van der Waals surface area contributed by atoms with Gasteiger partial charge in [0.1, 0.15) is 11.8 Å². The molecule has 9 heteroatoms. The minimum Gasteiger partial charge on any atom is -0.497 e. The Hall–Kier alpha value is -3.46. The van der Waals surface area contributed by atoms with Crippen molar-refractivity contribution in [1.29, 1.82) is 0 Å². The zero-order valence-corrected chi connectivity index (χ0v) is 22.9. The molecule has 38 heavy (non-hydrogen) atoms. The normalized spacial score (nSPS) is 20.9. The maximum absolute atomic E-state index is 14.3. The summed E-state index contributed by atoms with van der Waals surface area (Å²) in [6.45, 7) is 1.91. The molecule has 0 saturated carbocycles. The van der Waals surface area contributed by atoms with Crippen molar-refractivity contribution < 1.29 is 24.2 Å². The Labute approximate surface area is 233 Å². The number of hydrogen-bond donors (Lipinski definition) is 1. The number of amides is 1. The van der Waals surface area contributed by atoms with Crippen molar-refractivity contribution in [2.45, 2.75) is 24.9 Å². The van der Waals surface area contributed by atoms with Crippen LogP contribution in [-0.4, -0.2) is 40.8 Å². The molecule has 1 fully saturated rings. The van der Waals surface area contributed by atoms with Gasteiger partial charge < -0.3 is 14.7 Å². The van der Waals surface area contributed by atoms with Crippen molar-refractivity contribution in [2.24, 2.45) is 5.92 Å². The third kappa shape index (κ3) is 4.64. The molecule has 1 aliphatic heterocycles. The van der Waals surface area contributed by atoms with E-state index in [0.29, 0.717) is 26.1 Å². The number of hydrogen-bond acceptors (Lipinski definition) is 6. The highest BCUT2D eigenvalue weighted by atomic mass is 35.5. The minimum atomic E-state index is -1.30. The number of likely N-dealkylation sites (tertiary alicyclic amines) is 1. The highest BCUT2D eigenvalue weighted by Crippen LogP contribution is 2.54. The van der Waals surface area contributed by atoms with E-state index in [1.807, 2.05) is 18.4 Å². The number of carboxylic acids is 1. The van der Waals surface area contributed by atoms with Gasteiger partial charge in [-0.25, -0.2) is 4.79 Å². The van der Waals surface area contributed by atoms with Crippen LogP contribution in [0.15, 0.2) is 78.2 Å². The van der Waals surface area contributed by atoms with Crippen LogP contribution >= 0.6 is 34.3 Å². The fourth-order valence-electron chi connectivity index (χ4n) is 5.30. The Morgan fingerprint density at radius 1 is 1.00 bits per heavy atom. The number of nitrogens with zero attached hydrogens (tertiary/aromatic N) is 1. The molecule has 4 unspecified atom stereocenters. The van der Waals surface area contributed by atoms with Crippen LogP contribution in [0.4, 0.5) is 0 Å². The van der Waals surface area contributed by atoms with E-state index in [9.17, 15) is 19.5 Å². The number of rotatable bonds is 7. The molecule has 0 spiro atoms. The molecule has 3 heterocycles. The van der Waals surface area contributed by atoms with E-state index in [4.69, 9.17) is 16.3 Å². The average Bonchev–Trinajstić information content (AvgIpc) is 3.64. The molecular formula is C29H24ClNO5S2. The lowest BCUT2D eigenvalue weighted by Crippen LogP contribution is -2.43. The number of thiophene rings is 2. The maximum Gasteiger partial charge on any atom is 0.327 e. The third-order valence-corrected chi connectivity index (χ3v) is 9.28. The van der Waals surface area contributed by atoms with Gasteiger partial charge in [0, 0.05) is 16.4 Å². The summed E-state index contributed by atoms with van der Waals surface area (Å²) in [4.78, 5) is 44.0. The molecular weight excluding hydrogens is 542 g/mol. The number of aryl methyl sites for hydroxylation is 1. The first-order valence-corrected chi connectivity index (χ1v) is 14.0. The first-order valence-electron chi connectivity index (χ1n) is 11.9. The number of methoxy groups -OCH3 is 1. The zero-order chi connectivity index (χ0) is 27.0. The van der Waals surface area contributed by atoms with Crippen LogP contribution in [0, 0.1) is 12.8 Å². The fraction of sp³-hybridized carbons (Fsp3) is 0.207. The van der Waals surface area contributed by atoms with Gasteiger partial charge in [0.05, 0.1) is 28.3 Å². The summed E-state index contributed by atoms with van der Waals surface area (Å²) in [5, 5.41) is 12.5. The second kappa shape index (κ2) is 10.7. The molecule has 2 aromatic heterocycles. The van der Waals surface area contributed by atoms with Crippen molar-refractivity contribution in [2.75, 3.05) is 7.11 Å². The predicted octanol–water partition coefficient (Wildman–Crippen LogP) is 6.71. The second-order valence-electron chi connectivity index (χ2n) is 9.07. The number of ether oxygens (including phenoxy) is 1. The summed E-state index contributed by atoms with van der Waals surface area (Å²) in [6.07, 6.45) is 0. The number of Topliss-reactive ketones (excluding diaryl/α,β-unsaturated/α-hetero) is 1. The number of carbonyl (C=O) groups excluding carboxylic acids is 2. The minimum absolute atomic E-state index is 0.248. The van der Waals surface area contributed by atoms with Gasteiger partial charge in [-0.2, -0.15) is 0 Å². The molecule has 0 bridgehead atoms. The van der Waals surface area contributed by atoms with Crippen LogP contribution in [0.5, 0.6) is 5.75 Å². The number of aliphatic carboxylic acids is 1. The first-order chi connectivity index (χ1) is 18.3. The molecule has 1 amide bonds. The monoisotopic (exact) mass is 565 g/mol. The standard InChI is InChI=1S/C29H24ClNO5S2/c1-16-13-14-37-27(16)24-23(26(32)20-11-12-21(30)38-20)22(18-9-6-10-19(15-18)36-2)25(29(34)35)31(24)28(33)17-7-4-3-5-8-17/h3-15,22-25H,1-2H3,(H,34,35). The summed E-state index contributed by atoms with van der Waals surface area (Å²) in [7, 11) is 1.53. The summed E-state index contributed by atoms with van der Waals surface area (Å²) in [5.41, 5.74) is 1.86. The van der Waals surface area contributed by atoms with Gasteiger partial charge in [0.25, 0.3) is 5.91 Å². The molecule has 4 aromatic rings. The highest BCUT2D eigenvalue weighted by Gasteiger charge is 2.58. The van der Waals surface area contributed by atoms with E-state index in [1.54, 1.807) is 66.7 Å². The number of benzene rings is 2. The van der Waals surface area contributed by atoms with Crippen LogP contribution in [-0.2, 0) is 4.79 Å². The van der Waals surface area contributed by atoms with Crippen LogP contribution in [0.3, 0.4) is 0 Å². The van der Waals surface area contributed by atoms with Crippen molar-refractivity contribution in [3.63, 3.8) is 0 Å². The van der Waals surface area contributed by atoms with Crippen LogP contribution in [0.25, 0.3) is 0 Å². The van der Waals surface area contributed by atoms with Crippen molar-refractivity contribution in [3.05, 3.63) is 109 Å². The fourth-order valence-corrected chi connectivity index (χ4v) is 7.40. The van der Waals surface area contributed by atoms with Gasteiger partial charge >= 0.3 is 5.97 Å². The Morgan fingerprint density at radius 2 is 1.76 bits per heavy atom. The maximum atomic E-state index is 14.3. The van der Waals surface area contributed by atoms with Crippen molar-refractivity contribution in [1.82, 2.24) is 4.90 Å². The first kappa shape index (κ1) is 26.2. The van der Waals surface area contributed by atoms with E-state index >= 15 is 0 Å². The number of carboxylic acid groups (broad SMARTS) is 1. The quantitative estimate of drug-likeness (QED) is 0.252. The number of halogens is 1. The smallest absolute Gasteiger partial charge is 0.327 e. The van der Waals surface area contributed by atoms with Gasteiger partial charge in [0.15, 0.2) is 5.78 Å². The Morgan fingerprint density at radius 3 is 2.37 bits per heavy atom. The predicted molar refractivity (Wildman–Crippen MR) is 149 cm³/mol. The zero-order valence-electron chi connectivity index (χ0n) is 20.5. The van der Waals surface area contributed by atoms with Gasteiger partial charge in [-0.05, 0) is 65.9 Å². The van der Waals surface area contributed by atoms with Crippen LogP contribution < -0.4 is 4.74 Å². The molecule has 0 radical (unpaired) electrons. The Kier molecular flexibility index (Phi) is 7.38. The van der Waals surface area contributed by atoms with E-state index in [1.165, 1.54) is 23.3 Å². The van der Waals surface area contributed by atoms with Crippen molar-refractivity contribution >= 4 is 51.9 Å². The Balaban J connectivity index is 1.78. The molecule has 2 aromatic carbocycles. The summed E-state index contributed by atoms with van der Waals surface area (Å²) in [6, 6.07) is 18.8. The molecule has 1 saturated heterocycles.